The van der Waals surface area contributed by atoms with Gasteiger partial charge in [0.1, 0.15) is 11.5 Å². The first-order chi connectivity index (χ1) is 9.41. The third-order valence-electron chi connectivity index (χ3n) is 3.18. The Hall–Kier alpha value is -2.22. The molecule has 1 aromatic rings. The summed E-state index contributed by atoms with van der Waals surface area (Å²) in [6.07, 6.45) is 0. The van der Waals surface area contributed by atoms with Gasteiger partial charge in [0.15, 0.2) is 0 Å². The molecule has 0 bridgehead atoms. The zero-order valence-electron chi connectivity index (χ0n) is 10.8. The standard InChI is InChI=1S/C12H14FN3O4/c1-7-6-20-3-2-15(7)12(17)9-4-8(13)5-10(11(9)14)16(18)19/h4-5,7H,2-3,6,14H2,1H3. The first kappa shape index (κ1) is 14.2. The van der Waals surface area contributed by atoms with Gasteiger partial charge in [0.05, 0.1) is 35.8 Å². The highest BCUT2D eigenvalue weighted by atomic mass is 19.1. The van der Waals surface area contributed by atoms with Crippen molar-refractivity contribution in [1.82, 2.24) is 4.90 Å². The van der Waals surface area contributed by atoms with Crippen LogP contribution in [0.2, 0.25) is 0 Å². The molecule has 108 valence electrons. The van der Waals surface area contributed by atoms with Crippen molar-refractivity contribution < 1.29 is 18.8 Å². The molecule has 0 aromatic heterocycles. The summed E-state index contributed by atoms with van der Waals surface area (Å²) in [6, 6.07) is 1.43. The van der Waals surface area contributed by atoms with Crippen LogP contribution in [0.3, 0.4) is 0 Å². The molecule has 1 unspecified atom stereocenters. The second kappa shape index (κ2) is 5.41. The zero-order valence-corrected chi connectivity index (χ0v) is 10.8. The van der Waals surface area contributed by atoms with E-state index in [-0.39, 0.29) is 17.3 Å². The summed E-state index contributed by atoms with van der Waals surface area (Å²) in [5, 5.41) is 10.8. The van der Waals surface area contributed by atoms with E-state index in [1.807, 2.05) is 0 Å². The fraction of sp³-hybridized carbons (Fsp3) is 0.417. The number of nitro groups is 1. The summed E-state index contributed by atoms with van der Waals surface area (Å²) < 4.78 is 18.6. The van der Waals surface area contributed by atoms with E-state index >= 15 is 0 Å². The molecule has 0 saturated carbocycles. The lowest BCUT2D eigenvalue weighted by Gasteiger charge is -2.33. The predicted octanol–water partition coefficient (Wildman–Crippen LogP) is 1.18. The van der Waals surface area contributed by atoms with Crippen LogP contribution in [0.4, 0.5) is 15.8 Å². The molecule has 8 heteroatoms. The van der Waals surface area contributed by atoms with Gasteiger partial charge in [-0.2, -0.15) is 0 Å². The van der Waals surface area contributed by atoms with E-state index < -0.39 is 22.3 Å². The number of benzene rings is 1. The summed E-state index contributed by atoms with van der Waals surface area (Å²) in [5.41, 5.74) is 4.51. The Morgan fingerprint density at radius 1 is 1.60 bits per heavy atom. The SMILES string of the molecule is CC1COCCN1C(=O)c1cc(F)cc([N+](=O)[O-])c1N. The van der Waals surface area contributed by atoms with Gasteiger partial charge in [0.25, 0.3) is 11.6 Å². The summed E-state index contributed by atoms with van der Waals surface area (Å²) in [5.74, 6) is -1.39. The number of nitro benzene ring substituents is 1. The second-order valence-corrected chi connectivity index (χ2v) is 4.57. The van der Waals surface area contributed by atoms with Crippen LogP contribution in [-0.4, -0.2) is 41.5 Å². The van der Waals surface area contributed by atoms with Crippen LogP contribution in [0.1, 0.15) is 17.3 Å². The van der Waals surface area contributed by atoms with Crippen molar-refractivity contribution in [3.63, 3.8) is 0 Å². The molecule has 1 aliphatic rings. The number of ether oxygens (including phenoxy) is 1. The van der Waals surface area contributed by atoms with Crippen LogP contribution in [0.15, 0.2) is 12.1 Å². The van der Waals surface area contributed by atoms with E-state index in [9.17, 15) is 19.3 Å². The lowest BCUT2D eigenvalue weighted by atomic mass is 10.1. The number of nitrogen functional groups attached to an aromatic ring is 1. The Morgan fingerprint density at radius 3 is 2.90 bits per heavy atom. The first-order valence-corrected chi connectivity index (χ1v) is 6.04. The number of nitrogens with zero attached hydrogens (tertiary/aromatic N) is 2. The number of hydrogen-bond acceptors (Lipinski definition) is 5. The molecule has 1 amide bonds. The maximum atomic E-state index is 13.4. The Labute approximate surface area is 114 Å². The first-order valence-electron chi connectivity index (χ1n) is 6.04. The average molecular weight is 283 g/mol. The van der Waals surface area contributed by atoms with Crippen molar-refractivity contribution in [2.75, 3.05) is 25.5 Å². The van der Waals surface area contributed by atoms with Gasteiger partial charge in [-0.3, -0.25) is 14.9 Å². The van der Waals surface area contributed by atoms with Gasteiger partial charge in [-0.15, -0.1) is 0 Å². The maximum Gasteiger partial charge on any atom is 0.295 e. The van der Waals surface area contributed by atoms with Gasteiger partial charge >= 0.3 is 0 Å². The number of hydrogen-bond donors (Lipinski definition) is 1. The molecule has 1 heterocycles. The molecule has 0 spiro atoms. The molecular formula is C12H14FN3O4. The van der Waals surface area contributed by atoms with E-state index in [2.05, 4.69) is 0 Å². The second-order valence-electron chi connectivity index (χ2n) is 4.57. The van der Waals surface area contributed by atoms with Gasteiger partial charge in [0.2, 0.25) is 0 Å². The number of morpholine rings is 1. The average Bonchev–Trinajstić information content (AvgIpc) is 2.40. The quantitative estimate of drug-likeness (QED) is 0.499. The van der Waals surface area contributed by atoms with Crippen molar-refractivity contribution in [1.29, 1.82) is 0 Å². The normalized spacial score (nSPS) is 18.9. The van der Waals surface area contributed by atoms with Crippen molar-refractivity contribution in [3.05, 3.63) is 33.6 Å². The predicted molar refractivity (Wildman–Crippen MR) is 68.8 cm³/mol. The molecule has 7 nitrogen and oxygen atoms in total. The highest BCUT2D eigenvalue weighted by Gasteiger charge is 2.29. The van der Waals surface area contributed by atoms with E-state index in [1.165, 1.54) is 4.90 Å². The molecule has 2 N–H and O–H groups in total. The molecule has 20 heavy (non-hydrogen) atoms. The van der Waals surface area contributed by atoms with Gasteiger partial charge in [-0.25, -0.2) is 4.39 Å². The van der Waals surface area contributed by atoms with Crippen molar-refractivity contribution in [2.45, 2.75) is 13.0 Å². The number of rotatable bonds is 2. The summed E-state index contributed by atoms with van der Waals surface area (Å²) in [4.78, 5) is 23.8. The summed E-state index contributed by atoms with van der Waals surface area (Å²) in [6.45, 7) is 2.85. The van der Waals surface area contributed by atoms with Gasteiger partial charge in [-0.1, -0.05) is 0 Å². The molecule has 1 aromatic carbocycles. The fourth-order valence-electron chi connectivity index (χ4n) is 2.12. The van der Waals surface area contributed by atoms with Crippen molar-refractivity contribution in [2.24, 2.45) is 0 Å². The largest absolute Gasteiger partial charge is 0.393 e. The third-order valence-corrected chi connectivity index (χ3v) is 3.18. The minimum Gasteiger partial charge on any atom is -0.393 e. The molecule has 0 aliphatic carbocycles. The molecule has 2 rings (SSSR count). The van der Waals surface area contributed by atoms with Gasteiger partial charge in [-0.05, 0) is 13.0 Å². The van der Waals surface area contributed by atoms with Crippen LogP contribution in [-0.2, 0) is 4.74 Å². The monoisotopic (exact) mass is 283 g/mol. The van der Waals surface area contributed by atoms with Gasteiger partial charge < -0.3 is 15.4 Å². The van der Waals surface area contributed by atoms with Crippen molar-refractivity contribution >= 4 is 17.3 Å². The van der Waals surface area contributed by atoms with E-state index in [4.69, 9.17) is 10.5 Å². The highest BCUT2D eigenvalue weighted by Crippen LogP contribution is 2.28. The Kier molecular flexibility index (Phi) is 3.84. The summed E-state index contributed by atoms with van der Waals surface area (Å²) >= 11 is 0. The Bertz CT molecular complexity index is 564. The smallest absolute Gasteiger partial charge is 0.295 e. The van der Waals surface area contributed by atoms with Gasteiger partial charge in [0, 0.05) is 6.54 Å². The number of halogens is 1. The lowest BCUT2D eigenvalue weighted by molar-refractivity contribution is -0.384. The van der Waals surface area contributed by atoms with Crippen LogP contribution in [0, 0.1) is 15.9 Å². The Morgan fingerprint density at radius 2 is 2.30 bits per heavy atom. The highest BCUT2D eigenvalue weighted by molar-refractivity contribution is 6.01. The fourth-order valence-corrected chi connectivity index (χ4v) is 2.12. The topological polar surface area (TPSA) is 98.7 Å². The number of amides is 1. The molecular weight excluding hydrogens is 269 g/mol. The number of nitrogens with two attached hydrogens (primary N) is 1. The summed E-state index contributed by atoms with van der Waals surface area (Å²) in [7, 11) is 0. The molecule has 1 fully saturated rings. The van der Waals surface area contributed by atoms with Crippen LogP contribution < -0.4 is 5.73 Å². The molecule has 0 radical (unpaired) electrons. The molecule has 1 atom stereocenters. The van der Waals surface area contributed by atoms with E-state index in [0.29, 0.717) is 25.8 Å². The number of carbonyl (C=O) groups is 1. The minimum absolute atomic E-state index is 0.189. The number of carbonyl (C=O) groups excluding carboxylic acids is 1. The Balaban J connectivity index is 2.41. The third kappa shape index (κ3) is 2.55. The van der Waals surface area contributed by atoms with Crippen LogP contribution in [0.25, 0.3) is 0 Å². The van der Waals surface area contributed by atoms with Crippen LogP contribution >= 0.6 is 0 Å². The molecule has 1 aliphatic heterocycles. The van der Waals surface area contributed by atoms with Crippen molar-refractivity contribution in [3.8, 4) is 0 Å². The van der Waals surface area contributed by atoms with E-state index in [1.54, 1.807) is 6.92 Å². The minimum atomic E-state index is -0.866. The van der Waals surface area contributed by atoms with Crippen LogP contribution in [0.5, 0.6) is 0 Å². The molecule has 1 saturated heterocycles. The zero-order chi connectivity index (χ0) is 14.9. The van der Waals surface area contributed by atoms with E-state index in [0.717, 1.165) is 6.07 Å². The maximum absolute atomic E-state index is 13.4. The lowest BCUT2D eigenvalue weighted by Crippen LogP contribution is -2.47. The number of anilines is 1.